The molecule has 3 aromatic rings. The molecule has 0 amide bonds. The zero-order valence-electron chi connectivity index (χ0n) is 15.0. The molecule has 4 nitrogen and oxygen atoms in total. The van der Waals surface area contributed by atoms with Crippen LogP contribution in [0.1, 0.15) is 29.9 Å². The molecule has 0 spiro atoms. The molecule has 0 aliphatic heterocycles. The Morgan fingerprint density at radius 1 is 1.15 bits per heavy atom. The highest BCUT2D eigenvalue weighted by Crippen LogP contribution is 2.31. The Morgan fingerprint density at radius 2 is 1.88 bits per heavy atom. The lowest BCUT2D eigenvalue weighted by molar-refractivity contribution is 0.111. The smallest absolute Gasteiger partial charge is 0.183 e. The van der Waals surface area contributed by atoms with Crippen LogP contribution in [0.5, 0.6) is 0 Å². The summed E-state index contributed by atoms with van der Waals surface area (Å²) in [7, 11) is 1.88. The third kappa shape index (κ3) is 7.99. The highest BCUT2D eigenvalue weighted by Gasteiger charge is 2.03. The van der Waals surface area contributed by atoms with E-state index < -0.39 is 0 Å². The summed E-state index contributed by atoms with van der Waals surface area (Å²) >= 11 is 9.50. The van der Waals surface area contributed by atoms with Gasteiger partial charge >= 0.3 is 0 Å². The highest BCUT2D eigenvalue weighted by atomic mass is 35.5. The van der Waals surface area contributed by atoms with Crippen LogP contribution in [0.2, 0.25) is 5.02 Å². The number of nitrogens with one attached hydrogen (secondary N) is 1. The van der Waals surface area contributed by atoms with Gasteiger partial charge in [0.05, 0.1) is 10.4 Å². The molecule has 0 aliphatic rings. The van der Waals surface area contributed by atoms with Gasteiger partial charge in [-0.15, -0.1) is 11.8 Å². The van der Waals surface area contributed by atoms with Gasteiger partial charge in [-0.2, -0.15) is 0 Å². The minimum Gasteiger partial charge on any atom is -0.365 e. The molecule has 0 radical (unpaired) electrons. The van der Waals surface area contributed by atoms with E-state index in [4.69, 9.17) is 11.6 Å². The van der Waals surface area contributed by atoms with Gasteiger partial charge in [-0.3, -0.25) is 9.78 Å². The molecule has 138 valence electrons. The number of pyridine rings is 1. The maximum atomic E-state index is 9.94. The molecule has 0 saturated heterocycles. The Bertz CT molecular complexity index is 766. The molecular weight excluding hydrogens is 386 g/mol. The zero-order valence-corrected chi connectivity index (χ0v) is 17.4. The Kier molecular flexibility index (Phi) is 11.4. The van der Waals surface area contributed by atoms with Crippen LogP contribution < -0.4 is 5.32 Å². The maximum Gasteiger partial charge on any atom is 0.183 e. The second-order valence-electron chi connectivity index (χ2n) is 4.49. The average molecular weight is 408 g/mol. The minimum absolute atomic E-state index is 0.479. The highest BCUT2D eigenvalue weighted by molar-refractivity contribution is 8.00. The lowest BCUT2D eigenvalue weighted by Gasteiger charge is -2.01. The van der Waals surface area contributed by atoms with Crippen LogP contribution in [0.25, 0.3) is 0 Å². The van der Waals surface area contributed by atoms with E-state index in [-0.39, 0.29) is 0 Å². The topological polar surface area (TPSA) is 54.9 Å². The van der Waals surface area contributed by atoms with Crippen molar-refractivity contribution < 1.29 is 4.79 Å². The van der Waals surface area contributed by atoms with Gasteiger partial charge in [0.15, 0.2) is 11.4 Å². The van der Waals surface area contributed by atoms with E-state index in [1.807, 2.05) is 45.3 Å². The molecule has 0 unspecified atom stereocenters. The first-order valence-electron chi connectivity index (χ1n) is 8.09. The SMILES string of the molecule is CC.CNc1ncc(SCc2ccccc2Cl)s1.O=Cc1ccccn1. The van der Waals surface area contributed by atoms with Gasteiger partial charge < -0.3 is 5.32 Å². The Labute approximate surface area is 168 Å². The number of hydrogen-bond donors (Lipinski definition) is 1. The fourth-order valence-electron chi connectivity index (χ4n) is 1.65. The monoisotopic (exact) mass is 407 g/mol. The summed E-state index contributed by atoms with van der Waals surface area (Å²) < 4.78 is 1.20. The van der Waals surface area contributed by atoms with Gasteiger partial charge in [0.2, 0.25) is 0 Å². The van der Waals surface area contributed by atoms with E-state index in [2.05, 4.69) is 21.4 Å². The lowest BCUT2D eigenvalue weighted by Crippen LogP contribution is -1.83. The van der Waals surface area contributed by atoms with E-state index >= 15 is 0 Å². The summed E-state index contributed by atoms with van der Waals surface area (Å²) in [6.07, 6.45) is 4.20. The van der Waals surface area contributed by atoms with E-state index in [0.29, 0.717) is 5.69 Å². The molecule has 1 N–H and O–H groups in total. The van der Waals surface area contributed by atoms with Crippen molar-refractivity contribution in [1.82, 2.24) is 9.97 Å². The molecule has 0 fully saturated rings. The van der Waals surface area contributed by atoms with Crippen molar-refractivity contribution in [2.75, 3.05) is 12.4 Å². The fourth-order valence-corrected chi connectivity index (χ4v) is 3.76. The van der Waals surface area contributed by atoms with Crippen molar-refractivity contribution in [3.05, 3.63) is 71.1 Å². The molecule has 3 rings (SSSR count). The Morgan fingerprint density at radius 3 is 2.42 bits per heavy atom. The minimum atomic E-state index is 0.479. The summed E-state index contributed by atoms with van der Waals surface area (Å²) in [6.45, 7) is 4.00. The predicted octanol–water partition coefficient (Wildman–Crippen LogP) is 6.05. The van der Waals surface area contributed by atoms with E-state index in [1.54, 1.807) is 47.5 Å². The fraction of sp³-hybridized carbons (Fsp3) is 0.211. The third-order valence-electron chi connectivity index (χ3n) is 2.83. The normalized spacial score (nSPS) is 9.23. The third-order valence-corrected chi connectivity index (χ3v) is 5.46. The van der Waals surface area contributed by atoms with Crippen LogP contribution in [0, 0.1) is 0 Å². The molecule has 0 bridgehead atoms. The number of benzene rings is 1. The molecule has 26 heavy (non-hydrogen) atoms. The van der Waals surface area contributed by atoms with Gasteiger partial charge in [-0.25, -0.2) is 4.98 Å². The van der Waals surface area contributed by atoms with Gasteiger partial charge in [-0.05, 0) is 23.8 Å². The number of rotatable bonds is 5. The van der Waals surface area contributed by atoms with Crippen LogP contribution in [0.3, 0.4) is 0 Å². The second kappa shape index (κ2) is 13.3. The van der Waals surface area contributed by atoms with E-state index in [9.17, 15) is 4.79 Å². The van der Waals surface area contributed by atoms with Crippen LogP contribution in [0.15, 0.2) is 59.1 Å². The van der Waals surface area contributed by atoms with Gasteiger partial charge in [0.1, 0.15) is 5.69 Å². The number of thioether (sulfide) groups is 1. The largest absolute Gasteiger partial charge is 0.365 e. The zero-order chi connectivity index (χ0) is 19.2. The first kappa shape index (κ1) is 22.2. The van der Waals surface area contributed by atoms with Gasteiger partial charge in [0.25, 0.3) is 0 Å². The van der Waals surface area contributed by atoms with Crippen molar-refractivity contribution >= 4 is 46.1 Å². The molecule has 1 aromatic carbocycles. The average Bonchev–Trinajstić information content (AvgIpc) is 3.18. The number of anilines is 1. The number of nitrogens with zero attached hydrogens (tertiary/aromatic N) is 2. The Balaban J connectivity index is 0.000000284. The number of aldehydes is 1. The van der Waals surface area contributed by atoms with Crippen LogP contribution in [0.4, 0.5) is 5.13 Å². The number of carbonyl (C=O) groups is 1. The van der Waals surface area contributed by atoms with Crippen LogP contribution in [-0.4, -0.2) is 23.3 Å². The standard InChI is InChI=1S/C11H11ClN2S2.C6H5NO.C2H6/c1-13-11-14-6-10(16-11)15-7-8-4-2-3-5-9(8)12;8-5-6-3-1-2-4-7-6;1-2/h2-6H,7H2,1H3,(H,13,14);1-5H;1-2H3. The van der Waals surface area contributed by atoms with E-state index in [1.165, 1.54) is 4.21 Å². The first-order chi connectivity index (χ1) is 12.7. The molecule has 0 atom stereocenters. The predicted molar refractivity (Wildman–Crippen MR) is 114 cm³/mol. The van der Waals surface area contributed by atoms with Gasteiger partial charge in [0, 0.05) is 24.0 Å². The summed E-state index contributed by atoms with van der Waals surface area (Å²) in [5.41, 5.74) is 1.64. The molecule has 7 heteroatoms. The van der Waals surface area contributed by atoms with Crippen LogP contribution >= 0.6 is 34.7 Å². The molecule has 2 aromatic heterocycles. The Hall–Kier alpha value is -1.89. The second-order valence-corrected chi connectivity index (χ2v) is 7.20. The molecule has 2 heterocycles. The number of aromatic nitrogens is 2. The number of hydrogen-bond acceptors (Lipinski definition) is 6. The number of carbonyl (C=O) groups excluding carboxylic acids is 1. The quantitative estimate of drug-likeness (QED) is 0.412. The summed E-state index contributed by atoms with van der Waals surface area (Å²) in [5, 5.41) is 4.80. The number of thiazole rings is 1. The van der Waals surface area contributed by atoms with Crippen molar-refractivity contribution in [3.63, 3.8) is 0 Å². The lowest BCUT2D eigenvalue weighted by atomic mass is 10.2. The van der Waals surface area contributed by atoms with Crippen molar-refractivity contribution in [2.45, 2.75) is 23.8 Å². The number of halogens is 1. The molecule has 0 saturated carbocycles. The molecular formula is C19H22ClN3OS2. The van der Waals surface area contributed by atoms with Crippen LogP contribution in [-0.2, 0) is 5.75 Å². The molecule has 0 aliphatic carbocycles. The van der Waals surface area contributed by atoms with Crippen molar-refractivity contribution in [1.29, 1.82) is 0 Å². The summed E-state index contributed by atoms with van der Waals surface area (Å²) in [6, 6.07) is 13.1. The van der Waals surface area contributed by atoms with Crippen molar-refractivity contribution in [2.24, 2.45) is 0 Å². The summed E-state index contributed by atoms with van der Waals surface area (Å²) in [5.74, 6) is 0.880. The van der Waals surface area contributed by atoms with Crippen molar-refractivity contribution in [3.8, 4) is 0 Å². The van der Waals surface area contributed by atoms with Gasteiger partial charge in [-0.1, -0.05) is 61.1 Å². The maximum absolute atomic E-state index is 9.94. The summed E-state index contributed by atoms with van der Waals surface area (Å²) in [4.78, 5) is 17.9. The van der Waals surface area contributed by atoms with E-state index in [0.717, 1.165) is 27.8 Å². The first-order valence-corrected chi connectivity index (χ1v) is 10.3.